The lowest BCUT2D eigenvalue weighted by molar-refractivity contribution is 0.288. The Hall–Kier alpha value is -2.70. The van der Waals surface area contributed by atoms with Crippen LogP contribution in [0.2, 0.25) is 0 Å². The summed E-state index contributed by atoms with van der Waals surface area (Å²) >= 11 is 0. The zero-order chi connectivity index (χ0) is 15.4. The van der Waals surface area contributed by atoms with Gasteiger partial charge >= 0.3 is 7.32 Å². The van der Waals surface area contributed by atoms with Crippen LogP contribution in [0.3, 0.4) is 0 Å². The Labute approximate surface area is 128 Å². The fourth-order valence-corrected chi connectivity index (χ4v) is 2.15. The van der Waals surface area contributed by atoms with E-state index in [4.69, 9.17) is 14.7 Å². The highest BCUT2D eigenvalue weighted by molar-refractivity contribution is 6.33. The molecule has 2 N–H and O–H groups in total. The maximum Gasteiger partial charge on any atom is 0.707 e. The number of rotatable bonds is 4. The summed E-state index contributed by atoms with van der Waals surface area (Å²) < 4.78 is 4.99. The molecule has 0 fully saturated rings. The van der Waals surface area contributed by atoms with E-state index < -0.39 is 7.32 Å². The average molecular weight is 292 g/mol. The molecule has 0 unspecified atom stereocenters. The minimum atomic E-state index is -1.88. The Balaban J connectivity index is 2.10. The summed E-state index contributed by atoms with van der Waals surface area (Å²) in [6.07, 6.45) is 3.40. The highest BCUT2D eigenvalue weighted by Crippen LogP contribution is 2.29. The molecule has 2 heterocycles. The largest absolute Gasteiger partial charge is 0.707 e. The van der Waals surface area contributed by atoms with Crippen molar-refractivity contribution in [3.8, 4) is 28.3 Å². The number of hydrogen-bond acceptors (Lipinski definition) is 5. The summed E-state index contributed by atoms with van der Waals surface area (Å²) in [5.74, 6) is 0.332. The maximum absolute atomic E-state index is 9.03. The first-order valence-electron chi connectivity index (χ1n) is 6.73. The molecule has 0 aliphatic heterocycles. The van der Waals surface area contributed by atoms with Gasteiger partial charge in [0.2, 0.25) is 0 Å². The summed E-state index contributed by atoms with van der Waals surface area (Å²) in [6.45, 7) is 0. The minimum Gasteiger partial charge on any atom is -0.512 e. The highest BCUT2D eigenvalue weighted by atomic mass is 16.6. The second kappa shape index (κ2) is 6.38. The molecule has 1 aromatic carbocycles. The van der Waals surface area contributed by atoms with Crippen LogP contribution in [0.1, 0.15) is 0 Å². The molecule has 0 spiro atoms. The van der Waals surface area contributed by atoms with Crippen LogP contribution >= 0.6 is 0 Å². The summed E-state index contributed by atoms with van der Waals surface area (Å²) in [4.78, 5) is 8.61. The molecular formula is C16H13BN2O3. The molecule has 6 heteroatoms. The zero-order valence-electron chi connectivity index (χ0n) is 11.6. The van der Waals surface area contributed by atoms with Gasteiger partial charge in [-0.2, -0.15) is 0 Å². The first-order chi connectivity index (χ1) is 10.7. The van der Waals surface area contributed by atoms with Gasteiger partial charge in [0.15, 0.2) is 0 Å². The van der Waals surface area contributed by atoms with Crippen molar-refractivity contribution in [2.75, 3.05) is 0 Å². The van der Waals surface area contributed by atoms with Crippen LogP contribution in [0.4, 0.5) is 0 Å². The van der Waals surface area contributed by atoms with Gasteiger partial charge in [0.1, 0.15) is 5.75 Å². The summed E-state index contributed by atoms with van der Waals surface area (Å²) in [5.41, 5.74) is 3.13. The molecule has 0 amide bonds. The smallest absolute Gasteiger partial charge is 0.512 e. The first-order valence-corrected chi connectivity index (χ1v) is 6.73. The molecule has 0 aliphatic carbocycles. The standard InChI is InChI=1S/C16H13BN2O3/c20-17(21)22-14-10-12(15-5-1-3-7-18-15)9-13(11-14)16-6-2-4-8-19-16/h1-11,20-21H. The van der Waals surface area contributed by atoms with E-state index in [1.807, 2.05) is 42.5 Å². The molecule has 0 saturated heterocycles. The third kappa shape index (κ3) is 3.31. The Morgan fingerprint density at radius 2 is 1.32 bits per heavy atom. The van der Waals surface area contributed by atoms with Crippen LogP contribution in [-0.4, -0.2) is 27.3 Å². The van der Waals surface area contributed by atoms with Crippen LogP contribution in [0.5, 0.6) is 5.75 Å². The molecular weight excluding hydrogens is 279 g/mol. The van der Waals surface area contributed by atoms with E-state index >= 15 is 0 Å². The van der Waals surface area contributed by atoms with Gasteiger partial charge < -0.3 is 14.7 Å². The number of aromatic nitrogens is 2. The summed E-state index contributed by atoms with van der Waals surface area (Å²) in [5, 5.41) is 18.1. The van der Waals surface area contributed by atoms with Crippen LogP contribution in [0.15, 0.2) is 67.0 Å². The molecule has 0 bridgehead atoms. The Bertz CT molecular complexity index is 694. The van der Waals surface area contributed by atoms with Gasteiger partial charge in [-0.3, -0.25) is 9.97 Å². The van der Waals surface area contributed by atoms with Gasteiger partial charge in [0.25, 0.3) is 0 Å². The Morgan fingerprint density at radius 1 is 0.773 bits per heavy atom. The molecule has 0 atom stereocenters. The Morgan fingerprint density at radius 3 is 1.73 bits per heavy atom. The summed E-state index contributed by atoms with van der Waals surface area (Å²) in [6, 6.07) is 16.5. The van der Waals surface area contributed by atoms with Crippen LogP contribution in [0, 0.1) is 0 Å². The quantitative estimate of drug-likeness (QED) is 0.721. The predicted octanol–water partition coefficient (Wildman–Crippen LogP) is 2.16. The molecule has 108 valence electrons. The van der Waals surface area contributed by atoms with Crippen molar-refractivity contribution in [1.82, 2.24) is 9.97 Å². The van der Waals surface area contributed by atoms with E-state index in [1.165, 1.54) is 0 Å². The van der Waals surface area contributed by atoms with E-state index in [2.05, 4.69) is 9.97 Å². The molecule has 3 aromatic rings. The van der Waals surface area contributed by atoms with Crippen molar-refractivity contribution in [3.05, 3.63) is 67.0 Å². The van der Waals surface area contributed by atoms with E-state index in [9.17, 15) is 0 Å². The van der Waals surface area contributed by atoms with Gasteiger partial charge in [-0.1, -0.05) is 12.1 Å². The van der Waals surface area contributed by atoms with Crippen molar-refractivity contribution in [2.24, 2.45) is 0 Å². The van der Waals surface area contributed by atoms with Crippen molar-refractivity contribution >= 4 is 7.32 Å². The van der Waals surface area contributed by atoms with E-state index in [1.54, 1.807) is 24.5 Å². The number of nitrogens with zero attached hydrogens (tertiary/aromatic N) is 2. The second-order valence-electron chi connectivity index (χ2n) is 4.62. The van der Waals surface area contributed by atoms with Crippen LogP contribution < -0.4 is 4.65 Å². The third-order valence-corrected chi connectivity index (χ3v) is 3.07. The number of benzene rings is 1. The average Bonchev–Trinajstić information content (AvgIpc) is 2.55. The first kappa shape index (κ1) is 14.3. The number of hydrogen-bond donors (Lipinski definition) is 2. The minimum absolute atomic E-state index is 0.332. The molecule has 2 aromatic heterocycles. The molecule has 0 saturated carbocycles. The lowest BCUT2D eigenvalue weighted by atomic mass is 10.0. The SMILES string of the molecule is OB(O)Oc1cc(-c2ccccn2)cc(-c2ccccn2)c1. The monoisotopic (exact) mass is 292 g/mol. The van der Waals surface area contributed by atoms with Crippen LogP contribution in [0.25, 0.3) is 22.5 Å². The molecule has 0 aliphatic rings. The Kier molecular flexibility index (Phi) is 4.13. The van der Waals surface area contributed by atoms with Gasteiger partial charge in [0, 0.05) is 23.5 Å². The fourth-order valence-electron chi connectivity index (χ4n) is 2.15. The normalized spacial score (nSPS) is 10.3. The predicted molar refractivity (Wildman–Crippen MR) is 83.7 cm³/mol. The second-order valence-corrected chi connectivity index (χ2v) is 4.62. The van der Waals surface area contributed by atoms with Crippen molar-refractivity contribution in [3.63, 3.8) is 0 Å². The highest BCUT2D eigenvalue weighted by Gasteiger charge is 2.14. The maximum atomic E-state index is 9.03. The molecule has 0 radical (unpaired) electrons. The van der Waals surface area contributed by atoms with Crippen LogP contribution in [-0.2, 0) is 0 Å². The summed E-state index contributed by atoms with van der Waals surface area (Å²) in [7, 11) is -1.88. The van der Waals surface area contributed by atoms with E-state index in [0.29, 0.717) is 5.75 Å². The topological polar surface area (TPSA) is 75.5 Å². The lowest BCUT2D eigenvalue weighted by Crippen LogP contribution is -2.20. The van der Waals surface area contributed by atoms with Crippen molar-refractivity contribution in [1.29, 1.82) is 0 Å². The zero-order valence-corrected chi connectivity index (χ0v) is 11.6. The lowest BCUT2D eigenvalue weighted by Gasteiger charge is -2.10. The van der Waals surface area contributed by atoms with Gasteiger partial charge in [-0.05, 0) is 42.5 Å². The molecule has 3 rings (SSSR count). The van der Waals surface area contributed by atoms with Crippen molar-refractivity contribution < 1.29 is 14.7 Å². The van der Waals surface area contributed by atoms with Gasteiger partial charge in [-0.15, -0.1) is 0 Å². The number of pyridine rings is 2. The fraction of sp³-hybridized carbons (Fsp3) is 0. The van der Waals surface area contributed by atoms with Gasteiger partial charge in [-0.25, -0.2) is 0 Å². The molecule has 22 heavy (non-hydrogen) atoms. The van der Waals surface area contributed by atoms with E-state index in [0.717, 1.165) is 22.5 Å². The third-order valence-electron chi connectivity index (χ3n) is 3.07. The van der Waals surface area contributed by atoms with Crippen molar-refractivity contribution in [2.45, 2.75) is 0 Å². The van der Waals surface area contributed by atoms with Gasteiger partial charge in [0.05, 0.1) is 11.4 Å². The molecule has 5 nitrogen and oxygen atoms in total. The van der Waals surface area contributed by atoms with E-state index in [-0.39, 0.29) is 0 Å².